The molecule has 0 saturated carbocycles. The van der Waals surface area contributed by atoms with Gasteiger partial charge >= 0.3 is 65.1 Å². The number of fused-ring (bicyclic) bond motifs is 4. The monoisotopic (exact) mass is 1840 g/mol. The van der Waals surface area contributed by atoms with Crippen LogP contribution in [0.3, 0.4) is 0 Å². The van der Waals surface area contributed by atoms with Crippen molar-refractivity contribution in [3.05, 3.63) is 236 Å². The van der Waals surface area contributed by atoms with Crippen molar-refractivity contribution in [1.29, 1.82) is 0 Å². The summed E-state index contributed by atoms with van der Waals surface area (Å²) in [5.41, 5.74) is 2.72. The average Bonchev–Trinajstić information content (AvgIpc) is 1.64. The highest BCUT2D eigenvalue weighted by atomic mass is 32.2. The molecule has 676 valence electrons. The van der Waals surface area contributed by atoms with E-state index in [1.54, 1.807) is 61.9 Å². The van der Waals surface area contributed by atoms with Crippen LogP contribution >= 0.6 is 0 Å². The number of aromatic hydroxyl groups is 1. The smallest absolute Gasteiger partial charge is 0.362 e. The molecular weight excluding hydrogens is 1750 g/mol. The molecule has 4 aliphatic rings. The number of nitrogens with one attached hydrogen (secondary N) is 3. The van der Waals surface area contributed by atoms with Crippen molar-refractivity contribution >= 4 is 126 Å². The number of nitrogens with zero attached hydrogens (tertiary/aromatic N) is 4. The van der Waals surface area contributed by atoms with Crippen molar-refractivity contribution in [2.75, 3.05) is 26.4 Å². The predicted octanol–water partition coefficient (Wildman–Crippen LogP) is 5.58. The van der Waals surface area contributed by atoms with Crippen LogP contribution in [0.1, 0.15) is 97.5 Å². The number of hydrogen-bond acceptors (Lipinski definition) is 32. The van der Waals surface area contributed by atoms with Crippen LogP contribution in [0.15, 0.2) is 219 Å². The molecule has 3 amide bonds. The Hall–Kier alpha value is -11.9. The summed E-state index contributed by atoms with van der Waals surface area (Å²) in [5, 5.41) is 59.0. The van der Waals surface area contributed by atoms with Crippen LogP contribution in [0.4, 0.5) is 0 Å². The standard InChI is InChI=1S/2C25H26N2O9S.C20H20N2O8S.C13H16N2O6S/c2*1-15-22(14-33-37(31,32)26-24(30)19-9-5-7-11-21(19)34-16(2)28)36-25(23(15)35-17(3)29)27-13-12-18-8-4-6-10-20(18)27;23-15-8-4-2-6-13(15)19(26)21-31(27,28)29-11-16-17(24)18(25)20(30-16)22-10-9-12-5-1-3-7-14(12)22;14-22(18,19)20-7-10-11(16)12(17)13(21-10)15-6-5-8-3-1-2-4-9(8)15/h2*4-13,15,22-23,25H,14H2,1-3H3,(H,26,30);1-10,16-18,20,23-25H,11H2,(H,21,26);1-6,10-13,16-17H,7H2,(H2,14,18,19)/t2*15-,22-,23-,25-;16-,17-,18-,20-;10-,11-,12-,13-/m1111/s1. The van der Waals surface area contributed by atoms with Gasteiger partial charge in [-0.25, -0.2) is 19.3 Å². The Morgan fingerprint density at radius 1 is 0.354 bits per heavy atom. The van der Waals surface area contributed by atoms with Gasteiger partial charge in [0.25, 0.3) is 17.7 Å². The minimum absolute atomic E-state index is 0.0959. The number of amides is 3. The van der Waals surface area contributed by atoms with E-state index < -0.39 is 213 Å². The Morgan fingerprint density at radius 3 is 0.953 bits per heavy atom. The maximum Gasteiger partial charge on any atom is 0.362 e. The van der Waals surface area contributed by atoms with Gasteiger partial charge in [0.05, 0.1) is 77.4 Å². The summed E-state index contributed by atoms with van der Waals surface area (Å²) in [6.07, 6.45) is -6.62. The number of phenolic OH excluding ortho intramolecular Hbond substituents is 1. The first-order valence-corrected chi connectivity index (χ1v) is 44.5. The summed E-state index contributed by atoms with van der Waals surface area (Å²) < 4.78 is 172. The van der Waals surface area contributed by atoms with Gasteiger partial charge in [0.1, 0.15) is 53.9 Å². The van der Waals surface area contributed by atoms with E-state index in [-0.39, 0.29) is 28.2 Å². The van der Waals surface area contributed by atoms with Gasteiger partial charge in [0.2, 0.25) is 0 Å². The lowest BCUT2D eigenvalue weighted by Gasteiger charge is -2.22. The number of benzene rings is 7. The first-order valence-electron chi connectivity index (χ1n) is 38.8. The molecule has 16 atom stereocenters. The average molecular weight is 1840 g/mol. The minimum Gasteiger partial charge on any atom is -0.507 e. The second-order valence-electron chi connectivity index (χ2n) is 29.2. The van der Waals surface area contributed by atoms with E-state index in [0.717, 1.165) is 57.5 Å². The third kappa shape index (κ3) is 23.3. The highest BCUT2D eigenvalue weighted by Gasteiger charge is 2.50. The molecule has 7 aromatic carbocycles. The van der Waals surface area contributed by atoms with Gasteiger partial charge in [0, 0.05) is 64.3 Å². The largest absolute Gasteiger partial charge is 0.507 e. The van der Waals surface area contributed by atoms with E-state index in [1.807, 2.05) is 130 Å². The van der Waals surface area contributed by atoms with Crippen LogP contribution in [0, 0.1) is 11.8 Å². The van der Waals surface area contributed by atoms with E-state index in [2.05, 4.69) is 4.18 Å². The third-order valence-electron chi connectivity index (χ3n) is 20.4. The molecule has 0 spiro atoms. The molecule has 44 heteroatoms. The number of aliphatic hydroxyl groups excluding tert-OH is 4. The molecule has 4 fully saturated rings. The van der Waals surface area contributed by atoms with E-state index in [0.29, 0.717) is 0 Å². The molecule has 4 aromatic heterocycles. The third-order valence-corrected chi connectivity index (χ3v) is 23.5. The summed E-state index contributed by atoms with van der Waals surface area (Å²) in [7, 11) is -17.8. The maximum absolute atomic E-state index is 12.6. The second-order valence-corrected chi connectivity index (χ2v) is 34.5. The molecule has 0 aliphatic carbocycles. The number of hydrogen-bond donors (Lipinski definition) is 9. The zero-order valence-corrected chi connectivity index (χ0v) is 71.4. The summed E-state index contributed by atoms with van der Waals surface area (Å²) >= 11 is 0. The fraction of sp³-hybridized carbons (Fsp3) is 0.313. The highest BCUT2D eigenvalue weighted by Crippen LogP contribution is 2.42. The molecule has 4 aliphatic heterocycles. The van der Waals surface area contributed by atoms with Crippen LogP contribution in [-0.4, -0.2) is 207 Å². The molecule has 0 radical (unpaired) electrons. The molecule has 8 heterocycles. The normalized spacial score (nSPS) is 23.4. The number of nitrogens with two attached hydrogens (primary N) is 1. The van der Waals surface area contributed by atoms with Crippen LogP contribution in [0.25, 0.3) is 43.6 Å². The van der Waals surface area contributed by atoms with Crippen LogP contribution in [-0.2, 0) is 106 Å². The van der Waals surface area contributed by atoms with Gasteiger partial charge in [-0.3, -0.25) is 50.3 Å². The number of carbonyl (C=O) groups excluding carboxylic acids is 7. The number of para-hydroxylation sites is 7. The zero-order chi connectivity index (χ0) is 91.6. The molecule has 0 unspecified atom stereocenters. The van der Waals surface area contributed by atoms with Gasteiger partial charge in [-0.05, 0) is 106 Å². The summed E-state index contributed by atoms with van der Waals surface area (Å²) in [6.45, 7) is 6.41. The van der Waals surface area contributed by atoms with E-state index in [9.17, 15) is 92.8 Å². The Bertz CT molecular complexity index is 6120. The fourth-order valence-corrected chi connectivity index (χ4v) is 16.9. The predicted molar refractivity (Wildman–Crippen MR) is 447 cm³/mol. The first-order chi connectivity index (χ1) is 60.2. The molecule has 11 aromatic rings. The highest BCUT2D eigenvalue weighted by molar-refractivity contribution is 7.86. The number of esters is 4. The molecule has 10 N–H and O–H groups in total. The van der Waals surface area contributed by atoms with Crippen molar-refractivity contribution in [1.82, 2.24) is 32.4 Å². The minimum atomic E-state index is -4.57. The van der Waals surface area contributed by atoms with Crippen molar-refractivity contribution in [2.24, 2.45) is 17.0 Å². The lowest BCUT2D eigenvalue weighted by Crippen LogP contribution is -2.37. The molecule has 0 bridgehead atoms. The van der Waals surface area contributed by atoms with Crippen molar-refractivity contribution in [2.45, 2.75) is 127 Å². The number of aliphatic hydroxyl groups is 4. The maximum atomic E-state index is 12.6. The van der Waals surface area contributed by atoms with Crippen molar-refractivity contribution in [3.63, 3.8) is 0 Å². The Kier molecular flexibility index (Phi) is 29.9. The summed E-state index contributed by atoms with van der Waals surface area (Å²) in [5.74, 6) is -6.96. The summed E-state index contributed by atoms with van der Waals surface area (Å²) in [4.78, 5) is 83.4. The van der Waals surface area contributed by atoms with Gasteiger partial charge < -0.3 is 81.7 Å². The molecule has 127 heavy (non-hydrogen) atoms. The number of carbonyl (C=O) groups is 7. The number of phenols is 1. The second kappa shape index (κ2) is 40.4. The van der Waals surface area contributed by atoms with Gasteiger partial charge in [0.15, 0.2) is 37.1 Å². The number of aromatic nitrogens is 4. The topological polar surface area (TPSA) is 550 Å². The molecular formula is C83H88N8O32S4. The Morgan fingerprint density at radius 2 is 0.630 bits per heavy atom. The van der Waals surface area contributed by atoms with Gasteiger partial charge in [-0.15, -0.1) is 0 Å². The molecule has 15 rings (SSSR count). The van der Waals surface area contributed by atoms with Crippen molar-refractivity contribution in [3.8, 4) is 17.2 Å². The van der Waals surface area contributed by atoms with Crippen LogP contribution in [0.2, 0.25) is 0 Å². The van der Waals surface area contributed by atoms with Crippen molar-refractivity contribution < 1.29 is 147 Å². The quantitative estimate of drug-likeness (QED) is 0.0236. The SMILES string of the molecule is CC(=O)Oc1ccccc1C(=O)NS(=O)(=O)OC[C@H]1O[C@@H](n2ccc3ccccc32)[C@H](OC(C)=O)[C@@H]1C.CC(=O)Oc1ccccc1C(=O)NS(=O)(=O)OC[C@H]1O[C@@H](n2ccc3ccccc32)[C@H](OC(C)=O)[C@@H]1C.NS(=O)(=O)OC[C@H]1O[C@@H](n2ccc3ccccc32)[C@H](O)[C@@H]1O.O=C(NS(=O)(=O)OC[C@H]1O[C@@H](n2ccc3ccccc32)[C@H](O)[C@@H]1O)c1ccccc1O. The van der Waals surface area contributed by atoms with Crippen LogP contribution < -0.4 is 28.8 Å². The van der Waals surface area contributed by atoms with Gasteiger partial charge in [-0.2, -0.15) is 33.7 Å². The fourth-order valence-electron chi connectivity index (χ4n) is 14.4. The first kappa shape index (κ1) is 94.2. The number of ether oxygens (including phenoxy) is 8. The molecule has 4 saturated heterocycles. The van der Waals surface area contributed by atoms with E-state index in [1.165, 1.54) is 86.6 Å². The number of rotatable bonds is 26. The van der Waals surface area contributed by atoms with E-state index in [4.69, 9.17) is 55.6 Å². The Balaban J connectivity index is 0.000000156. The Labute approximate surface area is 726 Å². The molecule has 40 nitrogen and oxygen atoms in total. The van der Waals surface area contributed by atoms with Gasteiger partial charge in [-0.1, -0.05) is 123 Å². The lowest BCUT2D eigenvalue weighted by molar-refractivity contribution is -0.154. The lowest BCUT2D eigenvalue weighted by atomic mass is 10.0. The zero-order valence-electron chi connectivity index (χ0n) is 68.1. The van der Waals surface area contributed by atoms with E-state index >= 15 is 0 Å². The van der Waals surface area contributed by atoms with Crippen LogP contribution in [0.5, 0.6) is 17.2 Å². The summed E-state index contributed by atoms with van der Waals surface area (Å²) in [6, 6.07) is 54.3.